The van der Waals surface area contributed by atoms with Gasteiger partial charge in [-0.3, -0.25) is 4.79 Å². The minimum atomic E-state index is -2.47. The second-order valence-electron chi connectivity index (χ2n) is 1.97. The maximum Gasteiger partial charge on any atom is 0.252 e. The summed E-state index contributed by atoms with van der Waals surface area (Å²) in [7, 11) is 0. The van der Waals surface area contributed by atoms with Crippen molar-refractivity contribution in [3.8, 4) is 0 Å². The first-order valence-electron chi connectivity index (χ1n) is 4.51. The van der Waals surface area contributed by atoms with E-state index in [1.165, 1.54) is 6.07 Å². The van der Waals surface area contributed by atoms with E-state index in [-0.39, 0.29) is 5.56 Å². The Morgan fingerprint density at radius 1 is 1.64 bits per heavy atom. The number of hydrogen-bond donors (Lipinski definition) is 2. The molecule has 0 unspecified atom stereocenters. The van der Waals surface area contributed by atoms with Gasteiger partial charge in [0.2, 0.25) is 0 Å². The monoisotopic (exact) mass is 170 g/mol. The minimum absolute atomic E-state index is 0.256. The molecule has 0 aliphatic rings. The van der Waals surface area contributed by atoms with Gasteiger partial charge in [-0.2, -0.15) is 0 Å². The average molecular weight is 170 g/mol. The van der Waals surface area contributed by atoms with Crippen molar-refractivity contribution >= 4 is 18.5 Å². The number of carbonyl (C=O) groups is 1. The van der Waals surface area contributed by atoms with Crippen molar-refractivity contribution in [3.63, 3.8) is 0 Å². The van der Waals surface area contributed by atoms with E-state index in [0.717, 1.165) is 0 Å². The smallest absolute Gasteiger partial charge is 0.252 e. The van der Waals surface area contributed by atoms with Crippen LogP contribution in [-0.4, -0.2) is 12.9 Å². The summed E-state index contributed by atoms with van der Waals surface area (Å²) >= 11 is 4.04. The number of benzene rings is 1. The van der Waals surface area contributed by atoms with Crippen LogP contribution in [0, 0.1) is 0 Å². The largest absolute Gasteiger partial charge is 0.355 e. The molecule has 3 heteroatoms. The van der Waals surface area contributed by atoms with Gasteiger partial charge in [-0.25, -0.2) is 0 Å². The highest BCUT2D eigenvalue weighted by Gasteiger charge is 2.04. The molecule has 0 saturated carbocycles. The third-order valence-electron chi connectivity index (χ3n) is 1.26. The first-order valence-corrected chi connectivity index (χ1v) is 3.45. The van der Waals surface area contributed by atoms with Crippen molar-refractivity contribution in [2.75, 3.05) is 6.98 Å². The maximum atomic E-state index is 11.4. The minimum Gasteiger partial charge on any atom is -0.355 e. The lowest BCUT2D eigenvalue weighted by Gasteiger charge is -2.01. The van der Waals surface area contributed by atoms with E-state index in [1.807, 2.05) is 5.32 Å². The molecule has 0 aliphatic carbocycles. The molecular formula is C8H9NOS. The highest BCUT2D eigenvalue weighted by Crippen LogP contribution is 2.11. The van der Waals surface area contributed by atoms with Crippen molar-refractivity contribution in [1.29, 1.82) is 0 Å². The van der Waals surface area contributed by atoms with Crippen molar-refractivity contribution < 1.29 is 8.91 Å². The number of hydrogen-bond acceptors (Lipinski definition) is 2. The summed E-state index contributed by atoms with van der Waals surface area (Å²) in [6.45, 7) is -2.47. The number of rotatable bonds is 1. The zero-order chi connectivity index (χ0) is 10.8. The van der Waals surface area contributed by atoms with Crippen molar-refractivity contribution in [1.82, 2.24) is 5.32 Å². The predicted molar refractivity (Wildman–Crippen MR) is 47.1 cm³/mol. The molecule has 0 saturated heterocycles. The third kappa shape index (κ3) is 1.74. The van der Waals surface area contributed by atoms with Gasteiger partial charge in [-0.15, -0.1) is 12.6 Å². The first-order chi connectivity index (χ1) is 6.40. The van der Waals surface area contributed by atoms with Crippen LogP contribution in [-0.2, 0) is 0 Å². The van der Waals surface area contributed by atoms with E-state index in [1.54, 1.807) is 18.2 Å². The quantitative estimate of drug-likeness (QED) is 0.612. The van der Waals surface area contributed by atoms with Gasteiger partial charge < -0.3 is 5.32 Å². The van der Waals surface area contributed by atoms with Crippen LogP contribution in [0.2, 0.25) is 0 Å². The predicted octanol–water partition coefficient (Wildman–Crippen LogP) is 1.33. The Kier molecular flexibility index (Phi) is 1.51. The summed E-state index contributed by atoms with van der Waals surface area (Å²) in [6, 6.07) is 6.50. The Bertz CT molecular complexity index is 351. The summed E-state index contributed by atoms with van der Waals surface area (Å²) in [5.74, 6) is -0.643. The Hall–Kier alpha value is -0.960. The molecule has 1 aromatic carbocycles. The molecule has 1 amide bonds. The number of amides is 1. The van der Waals surface area contributed by atoms with E-state index < -0.39 is 12.9 Å². The number of thiol groups is 1. The fourth-order valence-corrected chi connectivity index (χ4v) is 0.995. The molecule has 0 atom stereocenters. The average Bonchev–Trinajstić information content (AvgIpc) is 2.01. The third-order valence-corrected chi connectivity index (χ3v) is 1.65. The second-order valence-corrected chi connectivity index (χ2v) is 2.45. The van der Waals surface area contributed by atoms with E-state index in [2.05, 4.69) is 12.6 Å². The van der Waals surface area contributed by atoms with Gasteiger partial charge in [0.1, 0.15) is 0 Å². The van der Waals surface area contributed by atoms with E-state index in [9.17, 15) is 4.79 Å². The molecule has 1 N–H and O–H groups in total. The number of nitrogens with one attached hydrogen (secondary N) is 1. The molecule has 11 heavy (non-hydrogen) atoms. The molecule has 0 aliphatic heterocycles. The summed E-state index contributed by atoms with van der Waals surface area (Å²) < 4.78 is 20.6. The van der Waals surface area contributed by atoms with E-state index in [0.29, 0.717) is 4.90 Å². The highest BCUT2D eigenvalue weighted by molar-refractivity contribution is 7.80. The lowest BCUT2D eigenvalue weighted by atomic mass is 10.2. The van der Waals surface area contributed by atoms with Crippen LogP contribution in [0.5, 0.6) is 0 Å². The van der Waals surface area contributed by atoms with Crippen LogP contribution in [0.3, 0.4) is 0 Å². The zero-order valence-electron chi connectivity index (χ0n) is 8.66. The van der Waals surface area contributed by atoms with Crippen LogP contribution < -0.4 is 5.32 Å². The molecule has 2 nitrogen and oxygen atoms in total. The van der Waals surface area contributed by atoms with Gasteiger partial charge in [0.25, 0.3) is 5.91 Å². The summed E-state index contributed by atoms with van der Waals surface area (Å²) in [6.07, 6.45) is 0. The van der Waals surface area contributed by atoms with E-state index >= 15 is 0 Å². The van der Waals surface area contributed by atoms with Crippen LogP contribution in [0.1, 0.15) is 14.5 Å². The lowest BCUT2D eigenvalue weighted by molar-refractivity contribution is 0.0960. The summed E-state index contributed by atoms with van der Waals surface area (Å²) in [5.41, 5.74) is 0.256. The standard InChI is InChI=1S/C8H9NOS/c1-9-8(10)6-4-2-3-5-7(6)11/h2-5,11H,1H3,(H,9,10)/i1D3. The van der Waals surface area contributed by atoms with Crippen LogP contribution in [0.25, 0.3) is 0 Å². The number of carbonyl (C=O) groups excluding carboxylic acids is 1. The molecule has 58 valence electrons. The van der Waals surface area contributed by atoms with Gasteiger partial charge in [0, 0.05) is 16.0 Å². The lowest BCUT2D eigenvalue weighted by Crippen LogP contribution is -2.18. The van der Waals surface area contributed by atoms with Crippen molar-refractivity contribution in [2.45, 2.75) is 4.90 Å². The molecule has 0 radical (unpaired) electrons. The van der Waals surface area contributed by atoms with Gasteiger partial charge in [0.05, 0.1) is 5.56 Å². The maximum absolute atomic E-state index is 11.4. The zero-order valence-corrected chi connectivity index (χ0v) is 6.56. The first kappa shape index (κ1) is 4.83. The summed E-state index contributed by atoms with van der Waals surface area (Å²) in [4.78, 5) is 11.8. The van der Waals surface area contributed by atoms with Gasteiger partial charge in [0.15, 0.2) is 0 Å². The molecule has 0 fully saturated rings. The Morgan fingerprint density at radius 3 is 3.00 bits per heavy atom. The fraction of sp³-hybridized carbons (Fsp3) is 0.125. The SMILES string of the molecule is [2H]C([2H])([2H])NC(=O)c1ccccc1S. The van der Waals surface area contributed by atoms with Crippen LogP contribution >= 0.6 is 12.6 Å². The molecule has 0 heterocycles. The van der Waals surface area contributed by atoms with Gasteiger partial charge in [-0.05, 0) is 12.1 Å². The van der Waals surface area contributed by atoms with Crippen molar-refractivity contribution in [2.24, 2.45) is 0 Å². The molecule has 0 spiro atoms. The Morgan fingerprint density at radius 2 is 2.36 bits per heavy atom. The van der Waals surface area contributed by atoms with Gasteiger partial charge >= 0.3 is 0 Å². The summed E-state index contributed by atoms with van der Waals surface area (Å²) in [5, 5.41) is 1.89. The Labute approximate surface area is 75.2 Å². The van der Waals surface area contributed by atoms with Crippen LogP contribution in [0.15, 0.2) is 29.2 Å². The molecule has 0 aromatic heterocycles. The van der Waals surface area contributed by atoms with E-state index in [4.69, 9.17) is 4.11 Å². The van der Waals surface area contributed by atoms with Gasteiger partial charge in [-0.1, -0.05) is 12.1 Å². The topological polar surface area (TPSA) is 29.1 Å². The molecular weight excluding hydrogens is 158 g/mol. The van der Waals surface area contributed by atoms with Crippen LogP contribution in [0.4, 0.5) is 0 Å². The molecule has 1 aromatic rings. The fourth-order valence-electron chi connectivity index (χ4n) is 0.733. The Balaban J connectivity index is 2.86. The second kappa shape index (κ2) is 3.44. The molecule has 0 bridgehead atoms. The normalized spacial score (nSPS) is 14.5. The molecule has 1 rings (SSSR count). The highest BCUT2D eigenvalue weighted by atomic mass is 32.1. The van der Waals surface area contributed by atoms with Crippen molar-refractivity contribution in [3.05, 3.63) is 29.8 Å².